The highest BCUT2D eigenvalue weighted by Gasteiger charge is 2.29. The lowest BCUT2D eigenvalue weighted by atomic mass is 10.1. The lowest BCUT2D eigenvalue weighted by molar-refractivity contribution is -0.143. The zero-order chi connectivity index (χ0) is 18.7. The molecular weight excluding hydrogens is 340 g/mol. The molecule has 10 nitrogen and oxygen atoms in total. The highest BCUT2D eigenvalue weighted by atomic mass is 32.1. The second-order valence-electron chi connectivity index (χ2n) is 5.13. The van der Waals surface area contributed by atoms with Crippen molar-refractivity contribution in [2.75, 3.05) is 12.3 Å². The van der Waals surface area contributed by atoms with E-state index in [1.54, 1.807) is 0 Å². The summed E-state index contributed by atoms with van der Waals surface area (Å²) >= 11 is 3.84. The number of amides is 2. The number of carbonyl (C=O) groups excluding carboxylic acids is 2. The van der Waals surface area contributed by atoms with Crippen LogP contribution in [-0.4, -0.2) is 64.4 Å². The lowest BCUT2D eigenvalue weighted by Crippen LogP contribution is -2.55. The topological polar surface area (TPSA) is 185 Å². The van der Waals surface area contributed by atoms with Crippen LogP contribution in [0.2, 0.25) is 0 Å². The van der Waals surface area contributed by atoms with Crippen molar-refractivity contribution in [1.29, 1.82) is 0 Å². The molecule has 2 amide bonds. The van der Waals surface area contributed by atoms with Gasteiger partial charge >= 0.3 is 11.9 Å². The van der Waals surface area contributed by atoms with Crippen LogP contribution in [0.3, 0.4) is 0 Å². The van der Waals surface area contributed by atoms with Crippen LogP contribution < -0.4 is 22.1 Å². The number of nitrogens with one attached hydrogen (secondary N) is 2. The predicted molar refractivity (Wildman–Crippen MR) is 88.5 cm³/mol. The summed E-state index contributed by atoms with van der Waals surface area (Å²) in [6.45, 7) is 0.388. The van der Waals surface area contributed by atoms with Gasteiger partial charge in [0.1, 0.15) is 12.1 Å². The average molecular weight is 364 g/mol. The molecule has 8 N–H and O–H groups in total. The Morgan fingerprint density at radius 2 is 1.58 bits per heavy atom. The van der Waals surface area contributed by atoms with Gasteiger partial charge in [0, 0.05) is 5.75 Å². The first kappa shape index (κ1) is 22.1. The van der Waals surface area contributed by atoms with Gasteiger partial charge in [0.05, 0.1) is 12.5 Å². The summed E-state index contributed by atoms with van der Waals surface area (Å²) in [4.78, 5) is 45.9. The molecule has 0 spiro atoms. The molecule has 0 bridgehead atoms. The summed E-state index contributed by atoms with van der Waals surface area (Å²) in [5.41, 5.74) is 10.8. The van der Waals surface area contributed by atoms with Gasteiger partial charge in [-0.05, 0) is 25.8 Å². The molecule has 0 fully saturated rings. The third kappa shape index (κ3) is 8.70. The number of unbranched alkanes of at least 4 members (excludes halogenated alkanes) is 1. The number of carbonyl (C=O) groups is 4. The number of rotatable bonds is 12. The van der Waals surface area contributed by atoms with Crippen molar-refractivity contribution in [1.82, 2.24) is 10.6 Å². The van der Waals surface area contributed by atoms with Crippen molar-refractivity contribution in [3.8, 4) is 0 Å². The summed E-state index contributed by atoms with van der Waals surface area (Å²) in [5, 5.41) is 22.4. The van der Waals surface area contributed by atoms with Gasteiger partial charge in [-0.3, -0.25) is 14.4 Å². The number of aliphatic carboxylic acids is 2. The van der Waals surface area contributed by atoms with Gasteiger partial charge in [0.2, 0.25) is 11.8 Å². The fraction of sp³-hybridized carbons (Fsp3) is 0.692. The molecule has 0 unspecified atom stereocenters. The Bertz CT molecular complexity index is 462. The Balaban J connectivity index is 4.91. The molecule has 0 aliphatic heterocycles. The third-order valence-electron chi connectivity index (χ3n) is 3.11. The van der Waals surface area contributed by atoms with Crippen LogP contribution in [0.4, 0.5) is 0 Å². The molecule has 0 heterocycles. The minimum absolute atomic E-state index is 0.00405. The Kier molecular flexibility index (Phi) is 10.8. The quantitative estimate of drug-likeness (QED) is 0.152. The molecule has 0 rings (SSSR count). The van der Waals surface area contributed by atoms with E-state index in [1.165, 1.54) is 0 Å². The first-order valence-electron chi connectivity index (χ1n) is 7.34. The van der Waals surface area contributed by atoms with E-state index in [-0.39, 0.29) is 12.2 Å². The Hall–Kier alpha value is -1.85. The maximum Gasteiger partial charge on any atom is 0.326 e. The fourth-order valence-electron chi connectivity index (χ4n) is 1.77. The average Bonchev–Trinajstić information content (AvgIpc) is 2.51. The highest BCUT2D eigenvalue weighted by molar-refractivity contribution is 7.80. The number of carboxylic acid groups (broad SMARTS) is 2. The summed E-state index contributed by atoms with van der Waals surface area (Å²) in [5.74, 6) is -4.24. The largest absolute Gasteiger partial charge is 0.481 e. The van der Waals surface area contributed by atoms with Gasteiger partial charge in [-0.1, -0.05) is 0 Å². The van der Waals surface area contributed by atoms with Gasteiger partial charge in [-0.15, -0.1) is 0 Å². The minimum Gasteiger partial charge on any atom is -0.481 e. The summed E-state index contributed by atoms with van der Waals surface area (Å²) < 4.78 is 0. The smallest absolute Gasteiger partial charge is 0.326 e. The van der Waals surface area contributed by atoms with Crippen molar-refractivity contribution in [3.05, 3.63) is 0 Å². The van der Waals surface area contributed by atoms with Gasteiger partial charge < -0.3 is 32.3 Å². The molecule has 11 heteroatoms. The predicted octanol–water partition coefficient (Wildman–Crippen LogP) is -2.10. The molecule has 0 aromatic rings. The van der Waals surface area contributed by atoms with E-state index in [1.807, 2.05) is 0 Å². The Morgan fingerprint density at radius 3 is 2.04 bits per heavy atom. The molecule has 0 aromatic carbocycles. The van der Waals surface area contributed by atoms with Gasteiger partial charge in [-0.2, -0.15) is 12.6 Å². The molecule has 138 valence electrons. The van der Waals surface area contributed by atoms with E-state index >= 15 is 0 Å². The molecule has 3 atom stereocenters. The van der Waals surface area contributed by atoms with Gasteiger partial charge in [0.25, 0.3) is 0 Å². The fourth-order valence-corrected chi connectivity index (χ4v) is 1.93. The normalized spacial score (nSPS) is 14.3. The monoisotopic (exact) mass is 364 g/mol. The van der Waals surface area contributed by atoms with Crippen molar-refractivity contribution >= 4 is 36.4 Å². The molecule has 0 radical (unpaired) electrons. The van der Waals surface area contributed by atoms with Crippen LogP contribution in [0.25, 0.3) is 0 Å². The second kappa shape index (κ2) is 11.6. The molecule has 24 heavy (non-hydrogen) atoms. The van der Waals surface area contributed by atoms with E-state index in [0.29, 0.717) is 19.4 Å². The van der Waals surface area contributed by atoms with Crippen LogP contribution in [0.1, 0.15) is 25.7 Å². The molecule has 0 aliphatic carbocycles. The van der Waals surface area contributed by atoms with Crippen molar-refractivity contribution in [3.63, 3.8) is 0 Å². The SMILES string of the molecule is NCCCC[C@H](NC(=O)[C@H](CC(=O)O)NC(=O)[C@@H](N)CS)C(=O)O. The summed E-state index contributed by atoms with van der Waals surface area (Å²) in [6.07, 6.45) is 0.508. The standard InChI is InChI=1S/C13H24N4O6S/c14-4-2-1-3-8(13(22)23)16-12(21)9(5-10(18)19)17-11(20)7(15)6-24/h7-9,24H,1-6,14-15H2,(H,16,21)(H,17,20)(H,18,19)(H,22,23)/t7-,8-,9-/m0/s1. The Labute approximate surface area is 144 Å². The van der Waals surface area contributed by atoms with E-state index in [9.17, 15) is 19.2 Å². The number of hydrogen-bond acceptors (Lipinski definition) is 7. The van der Waals surface area contributed by atoms with E-state index in [0.717, 1.165) is 0 Å². The number of nitrogens with two attached hydrogens (primary N) is 2. The van der Waals surface area contributed by atoms with Crippen LogP contribution in [0, 0.1) is 0 Å². The lowest BCUT2D eigenvalue weighted by Gasteiger charge is -2.21. The summed E-state index contributed by atoms with van der Waals surface area (Å²) in [6, 6.07) is -3.65. The van der Waals surface area contributed by atoms with Crippen LogP contribution in [0.5, 0.6) is 0 Å². The maximum absolute atomic E-state index is 12.1. The van der Waals surface area contributed by atoms with Crippen molar-refractivity contribution in [2.24, 2.45) is 11.5 Å². The number of thiol groups is 1. The van der Waals surface area contributed by atoms with E-state index in [2.05, 4.69) is 23.3 Å². The molecule has 0 saturated carbocycles. The van der Waals surface area contributed by atoms with E-state index < -0.39 is 48.3 Å². The zero-order valence-corrected chi connectivity index (χ0v) is 14.0. The Morgan fingerprint density at radius 1 is 1.00 bits per heavy atom. The van der Waals surface area contributed by atoms with Gasteiger partial charge in [-0.25, -0.2) is 4.79 Å². The number of hydrogen-bond donors (Lipinski definition) is 7. The van der Waals surface area contributed by atoms with Crippen LogP contribution in [-0.2, 0) is 19.2 Å². The maximum atomic E-state index is 12.1. The first-order chi connectivity index (χ1) is 11.2. The van der Waals surface area contributed by atoms with Crippen LogP contribution in [0.15, 0.2) is 0 Å². The minimum atomic E-state index is -1.43. The third-order valence-corrected chi connectivity index (χ3v) is 3.50. The second-order valence-corrected chi connectivity index (χ2v) is 5.50. The zero-order valence-electron chi connectivity index (χ0n) is 13.1. The molecule has 0 aromatic heterocycles. The molecule has 0 saturated heterocycles. The first-order valence-corrected chi connectivity index (χ1v) is 7.98. The number of carboxylic acids is 2. The van der Waals surface area contributed by atoms with Crippen LogP contribution >= 0.6 is 12.6 Å². The molecule has 0 aliphatic rings. The van der Waals surface area contributed by atoms with Crippen molar-refractivity contribution < 1.29 is 29.4 Å². The molecular formula is C13H24N4O6S. The van der Waals surface area contributed by atoms with Gasteiger partial charge in [0.15, 0.2) is 0 Å². The van der Waals surface area contributed by atoms with E-state index in [4.69, 9.17) is 21.7 Å². The van der Waals surface area contributed by atoms with Crippen molar-refractivity contribution in [2.45, 2.75) is 43.8 Å². The summed E-state index contributed by atoms with van der Waals surface area (Å²) in [7, 11) is 0. The highest BCUT2D eigenvalue weighted by Crippen LogP contribution is 2.03.